The number of nitrogens with zero attached hydrogens (tertiary/aromatic N) is 4. The number of piperidine rings is 1. The first-order chi connectivity index (χ1) is 12.9. The van der Waals surface area contributed by atoms with Gasteiger partial charge in [0.25, 0.3) is 5.91 Å². The summed E-state index contributed by atoms with van der Waals surface area (Å²) in [6.45, 7) is 4.34. The molecule has 2 aliphatic heterocycles. The highest BCUT2D eigenvalue weighted by Crippen LogP contribution is 2.44. The molecule has 0 radical (unpaired) electrons. The zero-order valence-corrected chi connectivity index (χ0v) is 15.6. The number of likely N-dealkylation sites (tertiary alicyclic amines) is 2. The van der Waals surface area contributed by atoms with Crippen LogP contribution in [0.4, 0.5) is 0 Å². The number of carboxylic acids is 1. The van der Waals surface area contributed by atoms with E-state index in [4.69, 9.17) is 0 Å². The monoisotopic (exact) mass is 374 g/mol. The van der Waals surface area contributed by atoms with E-state index < -0.39 is 12.0 Å². The smallest absolute Gasteiger partial charge is 0.326 e. The van der Waals surface area contributed by atoms with Gasteiger partial charge in [-0.1, -0.05) is 0 Å². The van der Waals surface area contributed by atoms with Crippen molar-refractivity contribution in [3.63, 3.8) is 0 Å². The highest BCUT2D eigenvalue weighted by Gasteiger charge is 2.51. The van der Waals surface area contributed by atoms with E-state index in [1.165, 1.54) is 4.90 Å². The summed E-state index contributed by atoms with van der Waals surface area (Å²) in [7, 11) is 0. The van der Waals surface area contributed by atoms with Crippen LogP contribution in [0, 0.1) is 11.3 Å². The molecule has 8 heteroatoms. The van der Waals surface area contributed by atoms with E-state index in [0.717, 1.165) is 25.7 Å². The van der Waals surface area contributed by atoms with Gasteiger partial charge in [0.15, 0.2) is 0 Å². The predicted octanol–water partition coefficient (Wildman–Crippen LogP) is 1.22. The molecule has 1 atom stereocenters. The van der Waals surface area contributed by atoms with Crippen molar-refractivity contribution >= 4 is 17.8 Å². The summed E-state index contributed by atoms with van der Waals surface area (Å²) in [6.07, 6.45) is 5.68. The number of hydrogen-bond acceptors (Lipinski definition) is 4. The maximum atomic E-state index is 12.9. The van der Waals surface area contributed by atoms with Gasteiger partial charge in [-0.25, -0.2) is 4.79 Å². The molecule has 1 N–H and O–H groups in total. The largest absolute Gasteiger partial charge is 0.480 e. The Morgan fingerprint density at radius 2 is 1.96 bits per heavy atom. The second-order valence-electron chi connectivity index (χ2n) is 8.15. The van der Waals surface area contributed by atoms with E-state index in [0.29, 0.717) is 38.3 Å². The van der Waals surface area contributed by atoms with Gasteiger partial charge >= 0.3 is 5.97 Å². The van der Waals surface area contributed by atoms with E-state index in [9.17, 15) is 19.5 Å². The minimum Gasteiger partial charge on any atom is -0.480 e. The molecule has 146 valence electrons. The SMILES string of the molecule is CCn1ccc(C(=O)N2CC3(CCN(C(=O)C4CC4)CC3)C[C@@H]2C(=O)O)n1. The third-order valence-electron chi connectivity index (χ3n) is 6.30. The Hall–Kier alpha value is -2.38. The average Bonchev–Trinajstić information content (AvgIpc) is 3.29. The molecular weight excluding hydrogens is 348 g/mol. The molecule has 2 saturated heterocycles. The summed E-state index contributed by atoms with van der Waals surface area (Å²) in [5.41, 5.74) is 0.0771. The van der Waals surface area contributed by atoms with Gasteiger partial charge in [0.2, 0.25) is 5.91 Å². The van der Waals surface area contributed by atoms with E-state index >= 15 is 0 Å². The molecule has 3 heterocycles. The molecule has 1 aromatic heterocycles. The van der Waals surface area contributed by atoms with Gasteiger partial charge in [-0.3, -0.25) is 14.3 Å². The molecule has 1 aliphatic carbocycles. The normalized spacial score (nSPS) is 24.4. The van der Waals surface area contributed by atoms with Crippen molar-refractivity contribution in [2.45, 2.75) is 51.6 Å². The summed E-state index contributed by atoms with van der Waals surface area (Å²) >= 11 is 0. The van der Waals surface area contributed by atoms with Gasteiger partial charge in [0.05, 0.1) is 0 Å². The second kappa shape index (κ2) is 6.65. The topological polar surface area (TPSA) is 95.7 Å². The lowest BCUT2D eigenvalue weighted by Crippen LogP contribution is -2.45. The van der Waals surface area contributed by atoms with E-state index in [-0.39, 0.29) is 23.1 Å². The zero-order valence-electron chi connectivity index (χ0n) is 15.6. The maximum Gasteiger partial charge on any atom is 0.326 e. The number of carbonyl (C=O) groups is 3. The molecule has 0 unspecified atom stereocenters. The van der Waals surface area contributed by atoms with Crippen LogP contribution in [-0.4, -0.2) is 68.1 Å². The number of amides is 2. The Labute approximate surface area is 158 Å². The summed E-state index contributed by atoms with van der Waals surface area (Å²) in [6, 6.07) is 0.821. The molecule has 3 aliphatic rings. The van der Waals surface area contributed by atoms with Crippen LogP contribution in [0.1, 0.15) is 49.5 Å². The zero-order chi connectivity index (χ0) is 19.2. The van der Waals surface area contributed by atoms with Crippen LogP contribution in [0.15, 0.2) is 12.3 Å². The van der Waals surface area contributed by atoms with Crippen LogP contribution in [0.25, 0.3) is 0 Å². The first kappa shape index (κ1) is 18.0. The van der Waals surface area contributed by atoms with Crippen molar-refractivity contribution in [2.24, 2.45) is 11.3 Å². The summed E-state index contributed by atoms with van der Waals surface area (Å²) in [4.78, 5) is 40.4. The van der Waals surface area contributed by atoms with Crippen molar-refractivity contribution in [3.05, 3.63) is 18.0 Å². The van der Waals surface area contributed by atoms with Crippen molar-refractivity contribution in [3.8, 4) is 0 Å². The molecule has 8 nitrogen and oxygen atoms in total. The number of aromatic nitrogens is 2. The Kier molecular flexibility index (Phi) is 4.44. The van der Waals surface area contributed by atoms with Crippen LogP contribution in [0.5, 0.6) is 0 Å². The van der Waals surface area contributed by atoms with Gasteiger partial charge in [-0.15, -0.1) is 0 Å². The number of carbonyl (C=O) groups excluding carboxylic acids is 2. The van der Waals surface area contributed by atoms with Gasteiger partial charge in [-0.05, 0) is 50.5 Å². The molecule has 2 amide bonds. The highest BCUT2D eigenvalue weighted by atomic mass is 16.4. The Morgan fingerprint density at radius 3 is 2.52 bits per heavy atom. The predicted molar refractivity (Wildman–Crippen MR) is 95.9 cm³/mol. The lowest BCUT2D eigenvalue weighted by atomic mass is 9.76. The maximum absolute atomic E-state index is 12.9. The minimum atomic E-state index is -0.966. The summed E-state index contributed by atoms with van der Waals surface area (Å²) < 4.78 is 1.66. The standard InChI is InChI=1S/C19H26N4O4/c1-2-22-8-5-14(20-22)17(25)23-12-19(11-15(23)18(26)27)6-9-21(10-7-19)16(24)13-3-4-13/h5,8,13,15H,2-4,6-7,9-12H2,1H3,(H,26,27)/t15-/m1/s1. The van der Waals surface area contributed by atoms with Crippen LogP contribution >= 0.6 is 0 Å². The molecular formula is C19H26N4O4. The molecule has 4 rings (SSSR count). The second-order valence-corrected chi connectivity index (χ2v) is 8.15. The lowest BCUT2D eigenvalue weighted by molar-refractivity contribution is -0.141. The molecule has 1 saturated carbocycles. The minimum absolute atomic E-state index is 0.209. The summed E-state index contributed by atoms with van der Waals surface area (Å²) in [5, 5.41) is 13.9. The molecule has 27 heavy (non-hydrogen) atoms. The van der Waals surface area contributed by atoms with Crippen molar-refractivity contribution in [1.82, 2.24) is 19.6 Å². The van der Waals surface area contributed by atoms with Crippen LogP contribution in [0.2, 0.25) is 0 Å². The van der Waals surface area contributed by atoms with Crippen molar-refractivity contribution in [2.75, 3.05) is 19.6 Å². The molecule has 1 spiro atoms. The van der Waals surface area contributed by atoms with Gasteiger partial charge in [-0.2, -0.15) is 5.10 Å². The molecule has 1 aromatic rings. The van der Waals surface area contributed by atoms with E-state index in [1.54, 1.807) is 16.9 Å². The Bertz CT molecular complexity index is 762. The fourth-order valence-corrected chi connectivity index (χ4v) is 4.44. The number of aryl methyl sites for hydroxylation is 1. The first-order valence-electron chi connectivity index (χ1n) is 9.78. The third-order valence-corrected chi connectivity index (χ3v) is 6.30. The van der Waals surface area contributed by atoms with E-state index in [2.05, 4.69) is 5.10 Å². The van der Waals surface area contributed by atoms with Crippen LogP contribution in [0.3, 0.4) is 0 Å². The molecule has 0 bridgehead atoms. The fourth-order valence-electron chi connectivity index (χ4n) is 4.44. The van der Waals surface area contributed by atoms with Crippen molar-refractivity contribution < 1.29 is 19.5 Å². The highest BCUT2D eigenvalue weighted by molar-refractivity contribution is 5.95. The van der Waals surface area contributed by atoms with Gasteiger partial charge in [0.1, 0.15) is 11.7 Å². The van der Waals surface area contributed by atoms with Crippen molar-refractivity contribution in [1.29, 1.82) is 0 Å². The van der Waals surface area contributed by atoms with Gasteiger partial charge < -0.3 is 14.9 Å². The number of hydrogen-bond donors (Lipinski definition) is 1. The van der Waals surface area contributed by atoms with Crippen LogP contribution < -0.4 is 0 Å². The fraction of sp³-hybridized carbons (Fsp3) is 0.684. The van der Waals surface area contributed by atoms with Gasteiger partial charge in [0, 0.05) is 38.3 Å². The number of carboxylic acid groups (broad SMARTS) is 1. The Morgan fingerprint density at radius 1 is 1.26 bits per heavy atom. The van der Waals surface area contributed by atoms with Crippen LogP contribution in [-0.2, 0) is 16.1 Å². The Balaban J connectivity index is 1.47. The molecule has 3 fully saturated rings. The summed E-state index contributed by atoms with van der Waals surface area (Å²) in [5.74, 6) is -0.827. The van der Waals surface area contributed by atoms with E-state index in [1.807, 2.05) is 11.8 Å². The number of aliphatic carboxylic acids is 1. The quantitative estimate of drug-likeness (QED) is 0.855. The third kappa shape index (κ3) is 3.33. The first-order valence-corrected chi connectivity index (χ1v) is 9.78. The average molecular weight is 374 g/mol. The molecule has 0 aromatic carbocycles. The lowest BCUT2D eigenvalue weighted by Gasteiger charge is -2.39. The number of rotatable bonds is 4.